The second-order valence-electron chi connectivity index (χ2n) is 5.23. The first-order valence-electron chi connectivity index (χ1n) is 8.53. The second-order valence-corrected chi connectivity index (χ2v) is 5.23. The molecule has 0 heterocycles. The summed E-state index contributed by atoms with van der Waals surface area (Å²) in [7, 11) is 0. The monoisotopic (exact) mass is 308 g/mol. The van der Waals surface area contributed by atoms with Gasteiger partial charge in [-0.3, -0.25) is 0 Å². The number of hydrogen-bond acceptors (Lipinski definition) is 4. The van der Waals surface area contributed by atoms with Crippen molar-refractivity contribution >= 4 is 0 Å². The normalized spacial score (nSPS) is 11.2. The maximum Gasteiger partial charge on any atom is 0.123 e. The third kappa shape index (κ3) is 7.14. The van der Waals surface area contributed by atoms with Gasteiger partial charge in [-0.2, -0.15) is 0 Å². The van der Waals surface area contributed by atoms with Gasteiger partial charge in [0.25, 0.3) is 0 Å². The summed E-state index contributed by atoms with van der Waals surface area (Å²) < 4.78 is 11.6. The van der Waals surface area contributed by atoms with Crippen LogP contribution in [0.4, 0.5) is 0 Å². The Bertz CT molecular complexity index is 357. The smallest absolute Gasteiger partial charge is 0.123 e. The summed E-state index contributed by atoms with van der Waals surface area (Å²) in [5, 5.41) is 0. The molecule has 0 N–H and O–H groups in total. The Kier molecular flexibility index (Phi) is 9.67. The predicted octanol–water partition coefficient (Wildman–Crippen LogP) is 3.13. The molecule has 0 bridgehead atoms. The van der Waals surface area contributed by atoms with Crippen molar-refractivity contribution in [2.24, 2.45) is 0 Å². The molecule has 0 fully saturated rings. The van der Waals surface area contributed by atoms with Gasteiger partial charge in [-0.05, 0) is 38.3 Å². The summed E-state index contributed by atoms with van der Waals surface area (Å²) >= 11 is 0. The van der Waals surface area contributed by atoms with Crippen LogP contribution in [-0.4, -0.2) is 62.3 Å². The zero-order valence-corrected chi connectivity index (χ0v) is 14.7. The Morgan fingerprint density at radius 1 is 0.727 bits per heavy atom. The van der Waals surface area contributed by atoms with Gasteiger partial charge in [-0.25, -0.2) is 0 Å². The van der Waals surface area contributed by atoms with Crippen molar-refractivity contribution in [3.8, 4) is 11.5 Å². The Balaban J connectivity index is 2.35. The molecule has 126 valence electrons. The Morgan fingerprint density at radius 2 is 1.14 bits per heavy atom. The van der Waals surface area contributed by atoms with E-state index < -0.39 is 0 Å². The Morgan fingerprint density at radius 3 is 1.50 bits per heavy atom. The van der Waals surface area contributed by atoms with Gasteiger partial charge in [-0.1, -0.05) is 33.8 Å². The number of rotatable bonds is 12. The lowest BCUT2D eigenvalue weighted by molar-refractivity contribution is 0.216. The van der Waals surface area contributed by atoms with Crippen molar-refractivity contribution in [1.29, 1.82) is 0 Å². The second kappa shape index (κ2) is 11.3. The SMILES string of the molecule is CCN(CC)CCOc1cccc(OCCN(CC)CC)c1. The topological polar surface area (TPSA) is 24.9 Å². The van der Waals surface area contributed by atoms with Gasteiger partial charge in [0.1, 0.15) is 24.7 Å². The zero-order valence-electron chi connectivity index (χ0n) is 14.7. The van der Waals surface area contributed by atoms with Crippen molar-refractivity contribution < 1.29 is 9.47 Å². The summed E-state index contributed by atoms with van der Waals surface area (Å²) in [5.41, 5.74) is 0. The molecule has 1 aromatic rings. The van der Waals surface area contributed by atoms with E-state index in [4.69, 9.17) is 9.47 Å². The van der Waals surface area contributed by atoms with E-state index >= 15 is 0 Å². The lowest BCUT2D eigenvalue weighted by Gasteiger charge is -2.19. The van der Waals surface area contributed by atoms with Gasteiger partial charge in [0.15, 0.2) is 0 Å². The van der Waals surface area contributed by atoms with E-state index in [0.29, 0.717) is 13.2 Å². The van der Waals surface area contributed by atoms with Crippen molar-refractivity contribution in [3.63, 3.8) is 0 Å². The van der Waals surface area contributed by atoms with Crippen LogP contribution < -0.4 is 9.47 Å². The number of benzene rings is 1. The number of likely N-dealkylation sites (N-methyl/N-ethyl adjacent to an activating group) is 2. The molecule has 0 aliphatic carbocycles. The average molecular weight is 308 g/mol. The molecule has 0 spiro atoms. The summed E-state index contributed by atoms with van der Waals surface area (Å²) in [6.07, 6.45) is 0. The van der Waals surface area contributed by atoms with E-state index in [1.54, 1.807) is 0 Å². The Hall–Kier alpha value is -1.26. The van der Waals surface area contributed by atoms with E-state index in [9.17, 15) is 0 Å². The molecule has 4 nitrogen and oxygen atoms in total. The molecule has 0 radical (unpaired) electrons. The van der Waals surface area contributed by atoms with Crippen LogP contribution in [0.5, 0.6) is 11.5 Å². The fourth-order valence-electron chi connectivity index (χ4n) is 2.32. The lowest BCUT2D eigenvalue weighted by Crippen LogP contribution is -2.28. The minimum atomic E-state index is 0.713. The fourth-order valence-corrected chi connectivity index (χ4v) is 2.32. The molecule has 0 amide bonds. The summed E-state index contributed by atoms with van der Waals surface area (Å²) in [6.45, 7) is 16.3. The van der Waals surface area contributed by atoms with Crippen LogP contribution in [-0.2, 0) is 0 Å². The van der Waals surface area contributed by atoms with Crippen molar-refractivity contribution in [2.45, 2.75) is 27.7 Å². The highest BCUT2D eigenvalue weighted by molar-refractivity contribution is 5.32. The standard InChI is InChI=1S/C18H32N2O2/c1-5-19(6-2)12-14-21-17-10-9-11-18(16-17)22-15-13-20(7-3)8-4/h9-11,16H,5-8,12-15H2,1-4H3. The summed E-state index contributed by atoms with van der Waals surface area (Å²) in [5.74, 6) is 1.76. The molecule has 0 saturated heterocycles. The quantitative estimate of drug-likeness (QED) is 0.592. The largest absolute Gasteiger partial charge is 0.492 e. The van der Waals surface area contributed by atoms with Crippen LogP contribution in [0, 0.1) is 0 Å². The van der Waals surface area contributed by atoms with Crippen LogP contribution in [0.1, 0.15) is 27.7 Å². The van der Waals surface area contributed by atoms with Gasteiger partial charge >= 0.3 is 0 Å². The van der Waals surface area contributed by atoms with Crippen molar-refractivity contribution in [2.75, 3.05) is 52.5 Å². The molecule has 22 heavy (non-hydrogen) atoms. The van der Waals surface area contributed by atoms with Crippen molar-refractivity contribution in [3.05, 3.63) is 24.3 Å². The van der Waals surface area contributed by atoms with Gasteiger partial charge in [0, 0.05) is 19.2 Å². The summed E-state index contributed by atoms with van der Waals surface area (Å²) in [6, 6.07) is 7.93. The summed E-state index contributed by atoms with van der Waals surface area (Å²) in [4.78, 5) is 4.70. The molecule has 0 aliphatic rings. The molecule has 1 rings (SSSR count). The molecule has 0 aliphatic heterocycles. The molecule has 4 heteroatoms. The van der Waals surface area contributed by atoms with E-state index in [0.717, 1.165) is 50.8 Å². The van der Waals surface area contributed by atoms with Gasteiger partial charge in [0.2, 0.25) is 0 Å². The third-order valence-electron chi connectivity index (χ3n) is 3.95. The molecule has 0 unspecified atom stereocenters. The molecule has 0 saturated carbocycles. The lowest BCUT2D eigenvalue weighted by atomic mass is 10.3. The van der Waals surface area contributed by atoms with Crippen LogP contribution >= 0.6 is 0 Å². The van der Waals surface area contributed by atoms with Crippen molar-refractivity contribution in [1.82, 2.24) is 9.80 Å². The first-order valence-corrected chi connectivity index (χ1v) is 8.53. The first-order chi connectivity index (χ1) is 10.7. The minimum absolute atomic E-state index is 0.713. The van der Waals surface area contributed by atoms with Gasteiger partial charge in [-0.15, -0.1) is 0 Å². The Labute approximate surface area is 136 Å². The zero-order chi connectivity index (χ0) is 16.2. The van der Waals surface area contributed by atoms with Crippen LogP contribution in [0.3, 0.4) is 0 Å². The molecule has 0 aromatic heterocycles. The number of nitrogens with zero attached hydrogens (tertiary/aromatic N) is 2. The highest BCUT2D eigenvalue weighted by Crippen LogP contribution is 2.19. The highest BCUT2D eigenvalue weighted by Gasteiger charge is 2.02. The van der Waals surface area contributed by atoms with Gasteiger partial charge in [0.05, 0.1) is 0 Å². The number of ether oxygens (including phenoxy) is 2. The van der Waals surface area contributed by atoms with Crippen LogP contribution in [0.15, 0.2) is 24.3 Å². The van der Waals surface area contributed by atoms with Crippen LogP contribution in [0.25, 0.3) is 0 Å². The maximum absolute atomic E-state index is 5.82. The first kappa shape index (κ1) is 18.8. The van der Waals surface area contributed by atoms with E-state index in [2.05, 4.69) is 37.5 Å². The fraction of sp³-hybridized carbons (Fsp3) is 0.667. The number of hydrogen-bond donors (Lipinski definition) is 0. The molecular formula is C18H32N2O2. The van der Waals surface area contributed by atoms with Gasteiger partial charge < -0.3 is 19.3 Å². The van der Waals surface area contributed by atoms with Crippen LogP contribution in [0.2, 0.25) is 0 Å². The third-order valence-corrected chi connectivity index (χ3v) is 3.95. The van der Waals surface area contributed by atoms with E-state index in [1.807, 2.05) is 24.3 Å². The van der Waals surface area contributed by atoms with E-state index in [-0.39, 0.29) is 0 Å². The predicted molar refractivity (Wildman–Crippen MR) is 93.0 cm³/mol. The van der Waals surface area contributed by atoms with E-state index in [1.165, 1.54) is 0 Å². The molecule has 1 aromatic carbocycles. The average Bonchev–Trinajstić information content (AvgIpc) is 2.56. The molecule has 0 atom stereocenters. The highest BCUT2D eigenvalue weighted by atomic mass is 16.5. The molecular weight excluding hydrogens is 276 g/mol. The maximum atomic E-state index is 5.82. The minimum Gasteiger partial charge on any atom is -0.492 e.